The molecule has 1 aromatic heterocycles. The minimum Gasteiger partial charge on any atom is -0.364 e. The first kappa shape index (κ1) is 16.8. The molecule has 0 spiro atoms. The number of amides is 1. The molecule has 1 amide bonds. The second-order valence-electron chi connectivity index (χ2n) is 6.92. The molecule has 0 bridgehead atoms. The van der Waals surface area contributed by atoms with Crippen molar-refractivity contribution >= 4 is 16.8 Å². The van der Waals surface area contributed by atoms with Gasteiger partial charge in [-0.1, -0.05) is 30.3 Å². The van der Waals surface area contributed by atoms with Gasteiger partial charge in [0, 0.05) is 11.9 Å². The topological polar surface area (TPSA) is 60.1 Å². The number of rotatable bonds is 4. The normalized spacial score (nSPS) is 15.4. The number of piperidine rings is 1. The summed E-state index contributed by atoms with van der Waals surface area (Å²) in [6.07, 6.45) is 1.93. The Morgan fingerprint density at radius 3 is 2.58 bits per heavy atom. The largest absolute Gasteiger partial charge is 0.364 e. The van der Waals surface area contributed by atoms with Gasteiger partial charge in [0.15, 0.2) is 0 Å². The fraction of sp³-hybridized carbons (Fsp3) is 0.286. The van der Waals surface area contributed by atoms with Crippen LogP contribution in [-0.2, 0) is 6.54 Å². The van der Waals surface area contributed by atoms with Crippen molar-refractivity contribution in [1.82, 2.24) is 9.88 Å². The molecule has 1 aliphatic rings. The molecular weight excluding hydrogens is 329 g/mol. The van der Waals surface area contributed by atoms with E-state index < -0.39 is 5.91 Å². The van der Waals surface area contributed by atoms with Crippen molar-refractivity contribution < 1.29 is 9.18 Å². The molecule has 1 saturated heterocycles. The van der Waals surface area contributed by atoms with Gasteiger partial charge in [-0.05, 0) is 61.2 Å². The second-order valence-corrected chi connectivity index (χ2v) is 6.92. The molecular formula is C21H22FN3O. The predicted molar refractivity (Wildman–Crippen MR) is 101 cm³/mol. The molecule has 0 aliphatic carbocycles. The van der Waals surface area contributed by atoms with Crippen LogP contribution in [0, 0.1) is 5.82 Å². The van der Waals surface area contributed by atoms with Crippen molar-refractivity contribution in [3.8, 4) is 0 Å². The van der Waals surface area contributed by atoms with Gasteiger partial charge >= 0.3 is 0 Å². The summed E-state index contributed by atoms with van der Waals surface area (Å²) in [5.41, 5.74) is 8.81. The zero-order valence-electron chi connectivity index (χ0n) is 14.5. The number of carbonyl (C=O) groups excluding carboxylic acids is 1. The molecule has 3 N–H and O–H groups in total. The van der Waals surface area contributed by atoms with Gasteiger partial charge in [-0.2, -0.15) is 0 Å². The highest BCUT2D eigenvalue weighted by atomic mass is 19.1. The Labute approximate surface area is 151 Å². The van der Waals surface area contributed by atoms with Crippen LogP contribution in [0.4, 0.5) is 4.39 Å². The minimum atomic E-state index is -0.492. The molecule has 1 fully saturated rings. The Hall–Kier alpha value is -2.66. The highest BCUT2D eigenvalue weighted by molar-refractivity contribution is 5.99. The maximum absolute atomic E-state index is 14.4. The Morgan fingerprint density at radius 2 is 1.88 bits per heavy atom. The van der Waals surface area contributed by atoms with Crippen molar-refractivity contribution in [3.63, 3.8) is 0 Å². The van der Waals surface area contributed by atoms with Crippen molar-refractivity contribution in [2.24, 2.45) is 5.73 Å². The molecule has 0 unspecified atom stereocenters. The number of aromatic nitrogens is 1. The van der Waals surface area contributed by atoms with E-state index >= 15 is 0 Å². The van der Waals surface area contributed by atoms with Gasteiger partial charge in [-0.3, -0.25) is 4.79 Å². The lowest BCUT2D eigenvalue weighted by Crippen LogP contribution is -2.26. The van der Waals surface area contributed by atoms with Gasteiger partial charge in [-0.15, -0.1) is 0 Å². The fourth-order valence-corrected chi connectivity index (χ4v) is 3.96. The lowest BCUT2D eigenvalue weighted by Gasteiger charge is -2.24. The SMILES string of the molecule is NC(=O)c1cc2c(C3CCNCC3)cc(F)cc2n1Cc1ccccc1. The van der Waals surface area contributed by atoms with E-state index in [4.69, 9.17) is 5.73 Å². The number of nitrogens with one attached hydrogen (secondary N) is 1. The molecule has 4 rings (SSSR count). The molecule has 2 aromatic carbocycles. The number of fused-ring (bicyclic) bond motifs is 1. The van der Waals surface area contributed by atoms with E-state index in [9.17, 15) is 9.18 Å². The Kier molecular flexibility index (Phi) is 4.47. The number of halogens is 1. The van der Waals surface area contributed by atoms with Crippen LogP contribution in [-0.4, -0.2) is 23.6 Å². The molecule has 3 aromatic rings. The molecule has 4 nitrogen and oxygen atoms in total. The van der Waals surface area contributed by atoms with Crippen LogP contribution in [0.1, 0.15) is 40.4 Å². The lowest BCUT2D eigenvalue weighted by atomic mass is 9.88. The Bertz CT molecular complexity index is 943. The second kappa shape index (κ2) is 6.92. The van der Waals surface area contributed by atoms with Crippen molar-refractivity contribution in [3.05, 3.63) is 71.2 Å². The van der Waals surface area contributed by atoms with Gasteiger partial charge in [0.05, 0.1) is 5.52 Å². The fourth-order valence-electron chi connectivity index (χ4n) is 3.96. The van der Waals surface area contributed by atoms with E-state index in [1.165, 1.54) is 6.07 Å². The van der Waals surface area contributed by atoms with E-state index in [1.807, 2.05) is 41.0 Å². The molecule has 0 saturated carbocycles. The van der Waals surface area contributed by atoms with Gasteiger partial charge in [0.1, 0.15) is 11.5 Å². The maximum Gasteiger partial charge on any atom is 0.265 e. The minimum absolute atomic E-state index is 0.269. The zero-order chi connectivity index (χ0) is 18.1. The number of nitrogens with two attached hydrogens (primary N) is 1. The number of primary amides is 1. The first-order chi connectivity index (χ1) is 12.6. The number of nitrogens with zero attached hydrogens (tertiary/aromatic N) is 1. The molecule has 134 valence electrons. The average molecular weight is 351 g/mol. The summed E-state index contributed by atoms with van der Waals surface area (Å²) < 4.78 is 16.3. The maximum atomic E-state index is 14.4. The molecule has 5 heteroatoms. The molecule has 0 atom stereocenters. The standard InChI is InChI=1S/C21H22FN3O/c22-16-10-17(15-6-8-24-9-7-15)18-12-20(21(23)26)25(19(18)11-16)13-14-4-2-1-3-5-14/h1-5,10-12,15,24H,6-9,13H2,(H2,23,26). The predicted octanol–water partition coefficient (Wildman–Crippen LogP) is 3.39. The summed E-state index contributed by atoms with van der Waals surface area (Å²) in [6, 6.07) is 14.8. The van der Waals surface area contributed by atoms with Gasteiger partial charge in [-0.25, -0.2) is 4.39 Å². The van der Waals surface area contributed by atoms with E-state index in [0.29, 0.717) is 18.2 Å². The van der Waals surface area contributed by atoms with Crippen LogP contribution in [0.15, 0.2) is 48.5 Å². The summed E-state index contributed by atoms with van der Waals surface area (Å²) >= 11 is 0. The number of hydrogen-bond donors (Lipinski definition) is 2. The number of hydrogen-bond acceptors (Lipinski definition) is 2. The first-order valence-corrected chi connectivity index (χ1v) is 9.00. The zero-order valence-corrected chi connectivity index (χ0v) is 14.5. The van der Waals surface area contributed by atoms with Gasteiger partial charge in [0.25, 0.3) is 5.91 Å². The van der Waals surface area contributed by atoms with E-state index in [0.717, 1.165) is 48.0 Å². The third-order valence-corrected chi connectivity index (χ3v) is 5.23. The molecule has 2 heterocycles. The van der Waals surface area contributed by atoms with Crippen LogP contribution in [0.25, 0.3) is 10.9 Å². The Balaban J connectivity index is 1.88. The molecule has 1 aliphatic heterocycles. The highest BCUT2D eigenvalue weighted by Crippen LogP contribution is 2.34. The van der Waals surface area contributed by atoms with Gasteiger partial charge < -0.3 is 15.6 Å². The summed E-state index contributed by atoms with van der Waals surface area (Å²) in [5.74, 6) is -0.467. The molecule has 26 heavy (non-hydrogen) atoms. The van der Waals surface area contributed by atoms with Crippen LogP contribution < -0.4 is 11.1 Å². The molecule has 0 radical (unpaired) electrons. The smallest absolute Gasteiger partial charge is 0.265 e. The van der Waals surface area contributed by atoms with Crippen LogP contribution >= 0.6 is 0 Å². The monoisotopic (exact) mass is 351 g/mol. The van der Waals surface area contributed by atoms with Crippen molar-refractivity contribution in [2.75, 3.05) is 13.1 Å². The highest BCUT2D eigenvalue weighted by Gasteiger charge is 2.22. The summed E-state index contributed by atoms with van der Waals surface area (Å²) in [5, 5.41) is 4.27. The van der Waals surface area contributed by atoms with Crippen LogP contribution in [0.3, 0.4) is 0 Å². The lowest BCUT2D eigenvalue weighted by molar-refractivity contribution is 0.0992. The summed E-state index contributed by atoms with van der Waals surface area (Å²) in [6.45, 7) is 2.34. The Morgan fingerprint density at radius 1 is 1.15 bits per heavy atom. The number of benzene rings is 2. The third kappa shape index (κ3) is 3.10. The van der Waals surface area contributed by atoms with E-state index in [1.54, 1.807) is 6.07 Å². The first-order valence-electron chi connectivity index (χ1n) is 9.00. The average Bonchev–Trinajstić information content (AvgIpc) is 3.01. The van der Waals surface area contributed by atoms with E-state index in [-0.39, 0.29) is 5.82 Å². The van der Waals surface area contributed by atoms with Crippen LogP contribution in [0.5, 0.6) is 0 Å². The van der Waals surface area contributed by atoms with E-state index in [2.05, 4.69) is 5.32 Å². The third-order valence-electron chi connectivity index (χ3n) is 5.23. The summed E-state index contributed by atoms with van der Waals surface area (Å²) in [4.78, 5) is 12.1. The van der Waals surface area contributed by atoms with Gasteiger partial charge in [0.2, 0.25) is 0 Å². The quantitative estimate of drug-likeness (QED) is 0.757. The number of carbonyl (C=O) groups is 1. The van der Waals surface area contributed by atoms with Crippen molar-refractivity contribution in [2.45, 2.75) is 25.3 Å². The van der Waals surface area contributed by atoms with Crippen LogP contribution in [0.2, 0.25) is 0 Å². The van der Waals surface area contributed by atoms with Crippen molar-refractivity contribution in [1.29, 1.82) is 0 Å². The summed E-state index contributed by atoms with van der Waals surface area (Å²) in [7, 11) is 0.